The van der Waals surface area contributed by atoms with Gasteiger partial charge in [0.2, 0.25) is 3.79 Å². The van der Waals surface area contributed by atoms with Crippen molar-refractivity contribution in [1.82, 2.24) is 5.32 Å². The number of halogens is 3. The van der Waals surface area contributed by atoms with Gasteiger partial charge in [-0.1, -0.05) is 70.2 Å². The number of nitrogens with zero attached hydrogens (tertiary/aromatic N) is 3. The van der Waals surface area contributed by atoms with Crippen molar-refractivity contribution in [2.75, 3.05) is 26.4 Å². The summed E-state index contributed by atoms with van der Waals surface area (Å²) in [7, 11) is 0. The number of aliphatic hydroxyl groups excluding tert-OH is 1. The summed E-state index contributed by atoms with van der Waals surface area (Å²) in [5.41, 5.74) is 9.14. The number of fused-ring (bicyclic) bond motifs is 1. The first-order chi connectivity index (χ1) is 15.8. The number of hydrogen-bond acceptors (Lipinski definition) is 8. The summed E-state index contributed by atoms with van der Waals surface area (Å²) in [5.74, 6) is 0. The first-order valence-electron chi connectivity index (χ1n) is 10.1. The predicted molar refractivity (Wildman–Crippen MR) is 118 cm³/mol. The molecule has 33 heavy (non-hydrogen) atoms. The monoisotopic (exact) mass is 524 g/mol. The Morgan fingerprint density at radius 1 is 1.30 bits per heavy atom. The second-order valence-corrected chi connectivity index (χ2v) is 9.77. The molecule has 0 radical (unpaired) electrons. The normalized spacial score (nSPS) is 29.5. The van der Waals surface area contributed by atoms with Crippen molar-refractivity contribution in [2.45, 2.75) is 47.1 Å². The molecule has 2 heterocycles. The number of ether oxygens (including phenoxy) is 5. The number of rotatable bonds is 8. The van der Waals surface area contributed by atoms with Crippen molar-refractivity contribution >= 4 is 40.9 Å². The van der Waals surface area contributed by atoms with Gasteiger partial charge in [0.1, 0.15) is 31.0 Å². The molecule has 2 aliphatic heterocycles. The fraction of sp³-hybridized carbons (Fsp3) is 0.632. The third kappa shape index (κ3) is 7.74. The van der Waals surface area contributed by atoms with E-state index in [0.717, 1.165) is 5.56 Å². The van der Waals surface area contributed by atoms with Crippen molar-refractivity contribution < 1.29 is 33.6 Å². The molecule has 14 heteroatoms. The molecule has 0 bridgehead atoms. The van der Waals surface area contributed by atoms with Crippen LogP contribution in [0.1, 0.15) is 18.3 Å². The fourth-order valence-corrected chi connectivity index (χ4v) is 3.54. The molecule has 1 amide bonds. The number of hydrogen-bond donors (Lipinski definition) is 2. The molecule has 11 nitrogen and oxygen atoms in total. The summed E-state index contributed by atoms with van der Waals surface area (Å²) in [6, 6.07) is 8.14. The van der Waals surface area contributed by atoms with E-state index >= 15 is 0 Å². The van der Waals surface area contributed by atoms with E-state index in [1.165, 1.54) is 0 Å². The lowest BCUT2D eigenvalue weighted by atomic mass is 9.96. The number of carbonyl (C=O) groups is 1. The standard InChI is InChI=1S/C19H23Cl3N4O7/c20-19(21,22)10-31-18(28)25-13-14(27)15-12(32-17(13)29-8-4-7-24-26-23)9-30-16(33-15)11-5-2-1-3-6-11/h1-3,5-6,12-17,27H,4,7-10H2,(H,25,28)/t12-,13-,14-,15+,16?,17+/m1/s1. The fourth-order valence-electron chi connectivity index (χ4n) is 3.37. The minimum absolute atomic E-state index is 0.129. The molecule has 2 fully saturated rings. The van der Waals surface area contributed by atoms with Gasteiger partial charge >= 0.3 is 6.09 Å². The molecular weight excluding hydrogens is 503 g/mol. The van der Waals surface area contributed by atoms with E-state index in [1.807, 2.05) is 30.3 Å². The maximum Gasteiger partial charge on any atom is 0.407 e. The van der Waals surface area contributed by atoms with Crippen LogP contribution in [0.2, 0.25) is 0 Å². The Balaban J connectivity index is 1.68. The van der Waals surface area contributed by atoms with Crippen LogP contribution in [-0.2, 0) is 23.7 Å². The Hall–Kier alpha value is -1.53. The molecule has 1 aromatic carbocycles. The molecular formula is C19H23Cl3N4O7. The van der Waals surface area contributed by atoms with E-state index in [2.05, 4.69) is 15.3 Å². The lowest BCUT2D eigenvalue weighted by Gasteiger charge is -2.47. The molecule has 0 spiro atoms. The van der Waals surface area contributed by atoms with Gasteiger partial charge in [0.15, 0.2) is 12.6 Å². The molecule has 2 saturated heterocycles. The third-order valence-electron chi connectivity index (χ3n) is 4.84. The average molecular weight is 526 g/mol. The maximum atomic E-state index is 12.3. The van der Waals surface area contributed by atoms with Gasteiger partial charge in [0.25, 0.3) is 0 Å². The second-order valence-electron chi connectivity index (χ2n) is 7.25. The number of alkyl halides is 3. The van der Waals surface area contributed by atoms with Crippen LogP contribution in [0.5, 0.6) is 0 Å². The van der Waals surface area contributed by atoms with E-state index in [-0.39, 0.29) is 19.8 Å². The minimum Gasteiger partial charge on any atom is -0.445 e. The predicted octanol–water partition coefficient (Wildman–Crippen LogP) is 3.37. The first-order valence-corrected chi connectivity index (χ1v) is 11.2. The highest BCUT2D eigenvalue weighted by atomic mass is 35.6. The second kappa shape index (κ2) is 12.3. The molecule has 2 aliphatic rings. The summed E-state index contributed by atoms with van der Waals surface area (Å²) in [6.45, 7) is -0.0165. The average Bonchev–Trinajstić information content (AvgIpc) is 2.80. The lowest BCUT2D eigenvalue weighted by molar-refractivity contribution is -0.344. The van der Waals surface area contributed by atoms with Crippen LogP contribution in [0.3, 0.4) is 0 Å². The topological polar surface area (TPSA) is 144 Å². The van der Waals surface area contributed by atoms with Crippen LogP contribution in [0, 0.1) is 0 Å². The Bertz CT molecular complexity index is 825. The van der Waals surface area contributed by atoms with Gasteiger partial charge < -0.3 is 34.1 Å². The molecule has 0 aliphatic carbocycles. The van der Waals surface area contributed by atoms with Crippen molar-refractivity contribution in [3.05, 3.63) is 46.3 Å². The Morgan fingerprint density at radius 2 is 2.06 bits per heavy atom. The Kier molecular flexibility index (Phi) is 9.69. The summed E-state index contributed by atoms with van der Waals surface area (Å²) < 4.78 is 26.4. The van der Waals surface area contributed by atoms with E-state index in [1.54, 1.807) is 0 Å². The van der Waals surface area contributed by atoms with E-state index in [4.69, 9.17) is 64.0 Å². The quantitative estimate of drug-likeness (QED) is 0.174. The van der Waals surface area contributed by atoms with Gasteiger partial charge in [-0.05, 0) is 12.0 Å². The number of amides is 1. The van der Waals surface area contributed by atoms with Gasteiger partial charge in [0.05, 0.1) is 6.61 Å². The first kappa shape index (κ1) is 26.1. The number of carbonyl (C=O) groups excluding carboxylic acids is 1. The zero-order valence-electron chi connectivity index (χ0n) is 17.3. The minimum atomic E-state index is -1.80. The molecule has 0 saturated carbocycles. The number of alkyl carbamates (subject to hydrolysis) is 1. The van der Waals surface area contributed by atoms with Crippen LogP contribution in [0.15, 0.2) is 35.4 Å². The molecule has 1 unspecified atom stereocenters. The van der Waals surface area contributed by atoms with Crippen LogP contribution >= 0.6 is 34.8 Å². The SMILES string of the molecule is [N-]=[N+]=NCCCO[C@H]1O[C@@H]2COC(c3ccccc3)O[C@@H]2[C@H](O)[C@H]1NC(=O)OCC(Cl)(Cl)Cl. The van der Waals surface area contributed by atoms with Crippen molar-refractivity contribution in [2.24, 2.45) is 5.11 Å². The highest BCUT2D eigenvalue weighted by molar-refractivity contribution is 6.67. The summed E-state index contributed by atoms with van der Waals surface area (Å²) in [4.78, 5) is 14.9. The highest BCUT2D eigenvalue weighted by Gasteiger charge is 2.50. The Morgan fingerprint density at radius 3 is 2.76 bits per heavy atom. The number of benzene rings is 1. The summed E-state index contributed by atoms with van der Waals surface area (Å²) in [6.07, 6.45) is -5.04. The summed E-state index contributed by atoms with van der Waals surface area (Å²) >= 11 is 16.8. The summed E-state index contributed by atoms with van der Waals surface area (Å²) in [5, 5.41) is 17.0. The van der Waals surface area contributed by atoms with Crippen LogP contribution < -0.4 is 5.32 Å². The van der Waals surface area contributed by atoms with Crippen LogP contribution in [-0.4, -0.2) is 72.0 Å². The van der Waals surface area contributed by atoms with E-state index in [0.29, 0.717) is 6.42 Å². The van der Waals surface area contributed by atoms with Crippen molar-refractivity contribution in [3.8, 4) is 0 Å². The largest absolute Gasteiger partial charge is 0.445 e. The molecule has 182 valence electrons. The van der Waals surface area contributed by atoms with Gasteiger partial charge in [-0.15, -0.1) is 0 Å². The van der Waals surface area contributed by atoms with E-state index in [9.17, 15) is 9.90 Å². The third-order valence-corrected chi connectivity index (χ3v) is 5.16. The zero-order chi connectivity index (χ0) is 23.8. The maximum absolute atomic E-state index is 12.3. The lowest BCUT2D eigenvalue weighted by Crippen LogP contribution is -2.66. The van der Waals surface area contributed by atoms with Crippen molar-refractivity contribution in [1.29, 1.82) is 0 Å². The number of nitrogens with one attached hydrogen (secondary N) is 1. The molecule has 3 rings (SSSR count). The molecule has 0 aromatic heterocycles. The van der Waals surface area contributed by atoms with Gasteiger partial charge in [-0.25, -0.2) is 4.79 Å². The van der Waals surface area contributed by atoms with Gasteiger partial charge in [-0.2, -0.15) is 0 Å². The van der Waals surface area contributed by atoms with Crippen LogP contribution in [0.25, 0.3) is 10.4 Å². The van der Waals surface area contributed by atoms with Crippen molar-refractivity contribution in [3.63, 3.8) is 0 Å². The highest BCUT2D eigenvalue weighted by Crippen LogP contribution is 2.34. The van der Waals surface area contributed by atoms with Crippen LogP contribution in [0.4, 0.5) is 4.79 Å². The number of azide groups is 1. The Labute approximate surface area is 204 Å². The van der Waals surface area contributed by atoms with Gasteiger partial charge in [0, 0.05) is 23.6 Å². The molecule has 6 atom stereocenters. The smallest absolute Gasteiger partial charge is 0.407 e. The zero-order valence-corrected chi connectivity index (χ0v) is 19.5. The number of aliphatic hydroxyl groups is 1. The van der Waals surface area contributed by atoms with E-state index < -0.39 is 53.4 Å². The van der Waals surface area contributed by atoms with Gasteiger partial charge in [-0.3, -0.25) is 0 Å². The molecule has 1 aromatic rings. The molecule has 2 N–H and O–H groups in total.